The van der Waals surface area contributed by atoms with Gasteiger partial charge in [0.15, 0.2) is 12.7 Å². The number of aromatic amines is 3. The van der Waals surface area contributed by atoms with E-state index >= 15 is 0 Å². The van der Waals surface area contributed by atoms with Crippen LogP contribution >= 0.6 is 23.5 Å². The number of aromatic nitrogens is 8. The summed E-state index contributed by atoms with van der Waals surface area (Å²) in [6, 6.07) is 0. The summed E-state index contributed by atoms with van der Waals surface area (Å²) in [6.07, 6.45) is -12.2. The summed E-state index contributed by atoms with van der Waals surface area (Å²) in [5.74, 6) is -0.538. The van der Waals surface area contributed by atoms with Gasteiger partial charge < -0.3 is 60.9 Å². The summed E-state index contributed by atoms with van der Waals surface area (Å²) in [4.78, 5) is 78.7. The van der Waals surface area contributed by atoms with Crippen LogP contribution in [0.2, 0.25) is 0 Å². The molecule has 11 atom stereocenters. The second-order valence-electron chi connectivity index (χ2n) is 12.5. The molecule has 2 fully saturated rings. The molecule has 0 aliphatic carbocycles. The van der Waals surface area contributed by atoms with Crippen LogP contribution in [0.1, 0.15) is 12.5 Å². The van der Waals surface area contributed by atoms with Crippen molar-refractivity contribution in [2.75, 3.05) is 37.9 Å². The van der Waals surface area contributed by atoms with Gasteiger partial charge >= 0.3 is 34.8 Å². The molecule has 316 valence electrons. The van der Waals surface area contributed by atoms with Crippen molar-refractivity contribution in [1.82, 2.24) is 29.5 Å². The number of hydrogen-bond donors (Lipinski definition) is 13. The molecule has 2 aliphatic rings. The molecule has 0 radical (unpaired) electrons. The smallest absolute Gasteiger partial charge is 0.387 e. The SMILES string of the molecule is Cn1c[n+](C2O[C@H](COP(=O)(O)OCC(COP(=O)(O)OCC3O[C@@H]([n+]4c[nH]c5c(=O)[nH]c(N)nc54)[C@H](O)[C@@H]3O)OP(=O)(O)O)[C@@H](O)[C@H]2O)c2nc(N)[nH]c(=O)c21. The number of hydrogen-bond acceptors (Lipinski definition) is 20. The Morgan fingerprint density at radius 2 is 1.28 bits per heavy atom. The van der Waals surface area contributed by atoms with Crippen molar-refractivity contribution in [2.24, 2.45) is 7.05 Å². The fourth-order valence-corrected chi connectivity index (χ4v) is 7.94. The lowest BCUT2D eigenvalue weighted by molar-refractivity contribution is -0.746. The third-order valence-electron chi connectivity index (χ3n) is 8.46. The van der Waals surface area contributed by atoms with Gasteiger partial charge in [-0.15, -0.1) is 0 Å². The molecule has 6 rings (SSSR count). The Morgan fingerprint density at radius 3 is 1.81 bits per heavy atom. The van der Waals surface area contributed by atoms with Gasteiger partial charge in [0.2, 0.25) is 23.5 Å². The average molecular weight is 879 g/mol. The molecule has 0 bridgehead atoms. The van der Waals surface area contributed by atoms with E-state index < -0.39 is 116 Å². The number of anilines is 2. The average Bonchev–Trinajstić information content (AvgIpc) is 3.83. The first-order chi connectivity index (χ1) is 26.5. The monoisotopic (exact) mass is 878 g/mol. The summed E-state index contributed by atoms with van der Waals surface area (Å²) in [7, 11) is -14.4. The van der Waals surface area contributed by atoms with Crippen LogP contribution < -0.4 is 31.7 Å². The fourth-order valence-electron chi connectivity index (χ4n) is 5.90. The number of fused-ring (bicyclic) bond motifs is 2. The number of nitrogen functional groups attached to an aromatic ring is 2. The normalized spacial score (nSPS) is 28.2. The fraction of sp³-hybridized carbons (Fsp3) is 0.583. The molecule has 6 heterocycles. The standard InChI is InChI=1S/C24H35N10O20P3/c1-32-7-34(18-12(32)20(40)31-24(26)29-18)22-16(38)14(36)10(53-22)5-51-57(46,47)49-3-8(54-55(41,42)43)2-48-56(44,45)50-4-9-13(35)15(37)21(52-9)33-6-27-11-17(33)28-23(25)30-19(11)39/h6-10,13-16,21-22,35-38H,2-5H2,1H3,(H9-,25,26,28,29,30,31,39,40,41,42,43,44,45,46,47)/p+2/t8?,9?,10-,13-,14-,15-,16-,21-,22?/m1/s1. The van der Waals surface area contributed by atoms with Gasteiger partial charge in [-0.25, -0.2) is 22.8 Å². The molecular formula is C24H37N10O20P3+2. The summed E-state index contributed by atoms with van der Waals surface area (Å²) >= 11 is 0. The topological polar surface area (TPSA) is 450 Å². The van der Waals surface area contributed by atoms with Crippen LogP contribution in [0.25, 0.3) is 22.3 Å². The maximum Gasteiger partial charge on any atom is 0.472 e. The van der Waals surface area contributed by atoms with Gasteiger partial charge in [-0.3, -0.25) is 51.7 Å². The highest BCUT2D eigenvalue weighted by molar-refractivity contribution is 7.47. The number of phosphoric ester groups is 3. The molecule has 4 aromatic rings. The van der Waals surface area contributed by atoms with E-state index in [1.807, 2.05) is 0 Å². The molecule has 33 heteroatoms. The third-order valence-corrected chi connectivity index (χ3v) is 10.9. The third kappa shape index (κ3) is 9.49. The number of aryl methyl sites for hydroxylation is 1. The van der Waals surface area contributed by atoms with Crippen molar-refractivity contribution in [3.05, 3.63) is 33.4 Å². The first-order valence-electron chi connectivity index (χ1n) is 16.1. The molecular weight excluding hydrogens is 841 g/mol. The van der Waals surface area contributed by atoms with Crippen LogP contribution in [-0.4, -0.2) is 139 Å². The molecule has 4 aromatic heterocycles. The van der Waals surface area contributed by atoms with Crippen molar-refractivity contribution in [1.29, 1.82) is 0 Å². The maximum absolute atomic E-state index is 12.7. The van der Waals surface area contributed by atoms with Crippen LogP contribution in [0.4, 0.5) is 11.9 Å². The number of ether oxygens (including phenoxy) is 2. The van der Waals surface area contributed by atoms with Crippen molar-refractivity contribution in [3.8, 4) is 0 Å². The van der Waals surface area contributed by atoms with Gasteiger partial charge in [0.1, 0.15) is 42.7 Å². The van der Waals surface area contributed by atoms with Crippen LogP contribution in [0.15, 0.2) is 22.2 Å². The van der Waals surface area contributed by atoms with E-state index in [0.717, 1.165) is 4.57 Å². The predicted molar refractivity (Wildman–Crippen MR) is 179 cm³/mol. The van der Waals surface area contributed by atoms with E-state index in [9.17, 15) is 63.3 Å². The zero-order chi connectivity index (χ0) is 41.8. The Labute approximate surface area is 315 Å². The van der Waals surface area contributed by atoms with Crippen LogP contribution in [0.5, 0.6) is 0 Å². The number of imidazole rings is 2. The minimum atomic E-state index is -5.42. The lowest BCUT2D eigenvalue weighted by Crippen LogP contribution is -2.46. The van der Waals surface area contributed by atoms with Crippen molar-refractivity contribution >= 4 is 57.7 Å². The molecule has 0 saturated carbocycles. The molecule has 30 nitrogen and oxygen atoms in total. The number of nitrogens with two attached hydrogens (primary N) is 2. The maximum atomic E-state index is 12.7. The van der Waals surface area contributed by atoms with Gasteiger partial charge in [-0.2, -0.15) is 0 Å². The summed E-state index contributed by atoms with van der Waals surface area (Å²) in [5, 5.41) is 42.4. The zero-order valence-corrected chi connectivity index (χ0v) is 31.6. The van der Waals surface area contributed by atoms with E-state index in [0.29, 0.717) is 0 Å². The van der Waals surface area contributed by atoms with Gasteiger partial charge in [0.25, 0.3) is 23.0 Å². The Balaban J connectivity index is 1.02. The van der Waals surface area contributed by atoms with Crippen molar-refractivity contribution < 1.29 is 94.9 Å². The van der Waals surface area contributed by atoms with Crippen molar-refractivity contribution in [2.45, 2.75) is 55.2 Å². The number of nitrogens with zero attached hydrogens (tertiary/aromatic N) is 5. The zero-order valence-electron chi connectivity index (χ0n) is 28.9. The van der Waals surface area contributed by atoms with E-state index in [-0.39, 0.29) is 34.2 Å². The first-order valence-corrected chi connectivity index (χ1v) is 20.6. The molecule has 2 saturated heterocycles. The van der Waals surface area contributed by atoms with Gasteiger partial charge in [-0.05, 0) is 0 Å². The molecule has 0 spiro atoms. The Kier molecular flexibility index (Phi) is 12.2. The predicted octanol–water partition coefficient (Wildman–Crippen LogP) is -5.75. The molecule has 57 heavy (non-hydrogen) atoms. The Morgan fingerprint density at radius 1 is 0.789 bits per heavy atom. The molecule has 5 unspecified atom stereocenters. The molecule has 0 amide bonds. The Hall–Kier alpha value is -3.61. The molecule has 0 aromatic carbocycles. The lowest BCUT2D eigenvalue weighted by atomic mass is 10.1. The number of H-pyrrole nitrogens is 3. The van der Waals surface area contributed by atoms with Gasteiger partial charge in [0.05, 0.1) is 33.5 Å². The highest BCUT2D eigenvalue weighted by Crippen LogP contribution is 2.48. The quantitative estimate of drug-likeness (QED) is 0.0368. The minimum Gasteiger partial charge on any atom is -0.387 e. The highest BCUT2D eigenvalue weighted by atomic mass is 31.2. The van der Waals surface area contributed by atoms with Gasteiger partial charge in [-0.1, -0.05) is 9.97 Å². The van der Waals surface area contributed by atoms with Crippen LogP contribution in [-0.2, 0) is 52.8 Å². The molecule has 2 aliphatic heterocycles. The van der Waals surface area contributed by atoms with Gasteiger partial charge in [0, 0.05) is 0 Å². The minimum absolute atomic E-state index is 0.0314. The second-order valence-corrected chi connectivity index (χ2v) is 16.6. The summed E-state index contributed by atoms with van der Waals surface area (Å²) in [6.45, 7) is -4.30. The van der Waals surface area contributed by atoms with E-state index in [4.69, 9.17) is 39.0 Å². The summed E-state index contributed by atoms with van der Waals surface area (Å²) < 4.78 is 75.3. The lowest BCUT2D eigenvalue weighted by Gasteiger charge is -2.22. The van der Waals surface area contributed by atoms with E-state index in [2.05, 4.69) is 29.4 Å². The summed E-state index contributed by atoms with van der Waals surface area (Å²) in [5.41, 5.74) is 9.81. The largest absolute Gasteiger partial charge is 0.472 e. The number of aliphatic hydroxyl groups excluding tert-OH is 4. The number of phosphoric acid groups is 3. The van der Waals surface area contributed by atoms with Crippen LogP contribution in [0, 0.1) is 0 Å². The van der Waals surface area contributed by atoms with E-state index in [1.54, 1.807) is 0 Å². The van der Waals surface area contributed by atoms with Crippen LogP contribution in [0.3, 0.4) is 0 Å². The van der Waals surface area contributed by atoms with Crippen molar-refractivity contribution in [3.63, 3.8) is 0 Å². The Bertz CT molecular complexity index is 2380. The van der Waals surface area contributed by atoms with E-state index in [1.165, 1.54) is 28.8 Å². The number of rotatable bonds is 16. The molecule has 15 N–H and O–H groups in total. The first kappa shape index (κ1) is 43.0. The highest BCUT2D eigenvalue weighted by Gasteiger charge is 2.49. The number of nitrogens with one attached hydrogen (secondary N) is 3. The second kappa shape index (κ2) is 16.2. The number of aliphatic hydroxyl groups is 4.